The summed E-state index contributed by atoms with van der Waals surface area (Å²) >= 11 is 6.78. The molecule has 0 fully saturated rings. The standard InChI is InChI=1S/C17H16BrN3S2/c1-2-12-6-8-15(9-7-12)19-16-20-21-17(23-16)22-11-13-4-3-5-14(18)10-13/h3-10H,2,11H2,1H3,(H,19,20). The highest BCUT2D eigenvalue weighted by molar-refractivity contribution is 9.10. The van der Waals surface area contributed by atoms with Crippen molar-refractivity contribution in [2.75, 3.05) is 5.32 Å². The van der Waals surface area contributed by atoms with E-state index in [1.165, 1.54) is 11.1 Å². The molecule has 6 heteroatoms. The summed E-state index contributed by atoms with van der Waals surface area (Å²) in [5.74, 6) is 0.888. The second-order valence-electron chi connectivity index (χ2n) is 4.97. The Balaban J connectivity index is 1.59. The van der Waals surface area contributed by atoms with Crippen LogP contribution in [0.2, 0.25) is 0 Å². The van der Waals surface area contributed by atoms with Gasteiger partial charge in [-0.3, -0.25) is 0 Å². The first-order chi connectivity index (χ1) is 11.2. The number of nitrogens with one attached hydrogen (secondary N) is 1. The molecule has 0 saturated heterocycles. The summed E-state index contributed by atoms with van der Waals surface area (Å²) in [5, 5.41) is 12.6. The molecule has 3 rings (SSSR count). The van der Waals surface area contributed by atoms with Gasteiger partial charge in [0.1, 0.15) is 0 Å². The lowest BCUT2D eigenvalue weighted by Gasteiger charge is -2.02. The molecule has 3 nitrogen and oxygen atoms in total. The molecule has 0 bridgehead atoms. The monoisotopic (exact) mass is 405 g/mol. The SMILES string of the molecule is CCc1ccc(Nc2nnc(SCc3cccc(Br)c3)s2)cc1. The fraction of sp³-hybridized carbons (Fsp3) is 0.176. The van der Waals surface area contributed by atoms with Crippen LogP contribution in [0.5, 0.6) is 0 Å². The van der Waals surface area contributed by atoms with Crippen molar-refractivity contribution in [2.24, 2.45) is 0 Å². The summed E-state index contributed by atoms with van der Waals surface area (Å²) in [6.07, 6.45) is 1.05. The minimum Gasteiger partial charge on any atom is -0.330 e. The van der Waals surface area contributed by atoms with Crippen molar-refractivity contribution in [3.63, 3.8) is 0 Å². The van der Waals surface area contributed by atoms with Crippen LogP contribution in [0.1, 0.15) is 18.1 Å². The Morgan fingerprint density at radius 2 is 1.91 bits per heavy atom. The summed E-state index contributed by atoms with van der Waals surface area (Å²) in [6.45, 7) is 2.15. The number of aryl methyl sites for hydroxylation is 1. The van der Waals surface area contributed by atoms with Crippen LogP contribution in [-0.4, -0.2) is 10.2 Å². The van der Waals surface area contributed by atoms with Gasteiger partial charge in [-0.15, -0.1) is 10.2 Å². The molecule has 118 valence electrons. The van der Waals surface area contributed by atoms with E-state index >= 15 is 0 Å². The molecule has 0 aliphatic rings. The number of anilines is 2. The Hall–Kier alpha value is -1.37. The Kier molecular flexibility index (Phi) is 5.70. The van der Waals surface area contributed by atoms with E-state index < -0.39 is 0 Å². The largest absolute Gasteiger partial charge is 0.330 e. The van der Waals surface area contributed by atoms with Gasteiger partial charge in [-0.1, -0.05) is 70.2 Å². The normalized spacial score (nSPS) is 10.7. The number of rotatable bonds is 6. The van der Waals surface area contributed by atoms with Gasteiger partial charge in [0.25, 0.3) is 0 Å². The highest BCUT2D eigenvalue weighted by Gasteiger charge is 2.06. The summed E-state index contributed by atoms with van der Waals surface area (Å²) in [4.78, 5) is 0. The van der Waals surface area contributed by atoms with Crippen molar-refractivity contribution in [3.8, 4) is 0 Å². The van der Waals surface area contributed by atoms with Crippen LogP contribution in [0.3, 0.4) is 0 Å². The minimum atomic E-state index is 0.825. The average molecular weight is 406 g/mol. The molecule has 1 heterocycles. The number of hydrogen-bond donors (Lipinski definition) is 1. The van der Waals surface area contributed by atoms with E-state index in [0.29, 0.717) is 0 Å². The number of nitrogens with zero attached hydrogens (tertiary/aromatic N) is 2. The van der Waals surface area contributed by atoms with E-state index in [1.807, 2.05) is 12.1 Å². The van der Waals surface area contributed by atoms with Crippen molar-refractivity contribution in [1.29, 1.82) is 0 Å². The smallest absolute Gasteiger partial charge is 0.210 e. The third kappa shape index (κ3) is 4.80. The van der Waals surface area contributed by atoms with Gasteiger partial charge in [0.15, 0.2) is 4.34 Å². The first kappa shape index (κ1) is 16.5. The molecule has 1 N–H and O–H groups in total. The molecule has 1 aromatic heterocycles. The molecule has 0 amide bonds. The third-order valence-corrected chi connectivity index (χ3v) is 5.81. The summed E-state index contributed by atoms with van der Waals surface area (Å²) in [7, 11) is 0. The van der Waals surface area contributed by atoms with Gasteiger partial charge in [0.2, 0.25) is 5.13 Å². The quantitative estimate of drug-likeness (QED) is 0.518. The van der Waals surface area contributed by atoms with Crippen molar-refractivity contribution in [3.05, 3.63) is 64.1 Å². The highest BCUT2D eigenvalue weighted by Crippen LogP contribution is 2.30. The number of halogens is 1. The molecule has 0 unspecified atom stereocenters. The zero-order chi connectivity index (χ0) is 16.1. The molecular formula is C17H16BrN3S2. The van der Waals surface area contributed by atoms with Crippen LogP contribution < -0.4 is 5.32 Å². The van der Waals surface area contributed by atoms with Crippen molar-refractivity contribution in [1.82, 2.24) is 10.2 Å². The zero-order valence-corrected chi connectivity index (χ0v) is 15.8. The average Bonchev–Trinajstić information content (AvgIpc) is 3.01. The fourth-order valence-corrected chi connectivity index (χ4v) is 4.20. The molecule has 2 aromatic carbocycles. The Bertz CT molecular complexity index is 772. The number of hydrogen-bond acceptors (Lipinski definition) is 5. The zero-order valence-electron chi connectivity index (χ0n) is 12.6. The molecule has 0 aliphatic heterocycles. The van der Waals surface area contributed by atoms with Crippen LogP contribution in [0.15, 0.2) is 57.3 Å². The van der Waals surface area contributed by atoms with Gasteiger partial charge >= 0.3 is 0 Å². The highest BCUT2D eigenvalue weighted by atomic mass is 79.9. The van der Waals surface area contributed by atoms with Crippen molar-refractivity contribution < 1.29 is 0 Å². The van der Waals surface area contributed by atoms with Crippen LogP contribution >= 0.6 is 39.0 Å². The maximum Gasteiger partial charge on any atom is 0.210 e. The lowest BCUT2D eigenvalue weighted by atomic mass is 10.1. The predicted octanol–water partition coefficient (Wildman–Crippen LogP) is 5.90. The van der Waals surface area contributed by atoms with Gasteiger partial charge in [-0.05, 0) is 41.8 Å². The molecule has 0 radical (unpaired) electrons. The summed E-state index contributed by atoms with van der Waals surface area (Å²) in [5.41, 5.74) is 3.64. The molecular weight excluding hydrogens is 390 g/mol. The fourth-order valence-electron chi connectivity index (χ4n) is 2.04. The maximum atomic E-state index is 4.24. The van der Waals surface area contributed by atoms with Crippen molar-refractivity contribution in [2.45, 2.75) is 23.4 Å². The van der Waals surface area contributed by atoms with Gasteiger partial charge < -0.3 is 5.32 Å². The molecule has 23 heavy (non-hydrogen) atoms. The van der Waals surface area contributed by atoms with Gasteiger partial charge in [0.05, 0.1) is 0 Å². The van der Waals surface area contributed by atoms with E-state index in [2.05, 4.69) is 74.8 Å². The Morgan fingerprint density at radius 3 is 2.65 bits per heavy atom. The van der Waals surface area contributed by atoms with Crippen LogP contribution in [-0.2, 0) is 12.2 Å². The van der Waals surface area contributed by atoms with Crippen LogP contribution in [0.25, 0.3) is 0 Å². The number of thioether (sulfide) groups is 1. The summed E-state index contributed by atoms with van der Waals surface area (Å²) < 4.78 is 2.07. The van der Waals surface area contributed by atoms with Crippen LogP contribution in [0, 0.1) is 0 Å². The second kappa shape index (κ2) is 7.95. The van der Waals surface area contributed by atoms with E-state index in [1.54, 1.807) is 23.1 Å². The second-order valence-corrected chi connectivity index (χ2v) is 8.08. The van der Waals surface area contributed by atoms with Crippen molar-refractivity contribution >= 4 is 49.8 Å². The number of aromatic nitrogens is 2. The van der Waals surface area contributed by atoms with Gasteiger partial charge in [0, 0.05) is 15.9 Å². The molecule has 3 aromatic rings. The lowest BCUT2D eigenvalue weighted by Crippen LogP contribution is -1.89. The topological polar surface area (TPSA) is 37.8 Å². The first-order valence-corrected chi connectivity index (χ1v) is 9.89. The maximum absolute atomic E-state index is 4.24. The molecule has 0 aliphatic carbocycles. The Morgan fingerprint density at radius 1 is 1.09 bits per heavy atom. The molecule has 0 spiro atoms. The van der Waals surface area contributed by atoms with E-state index in [0.717, 1.165) is 31.8 Å². The van der Waals surface area contributed by atoms with E-state index in [4.69, 9.17) is 0 Å². The predicted molar refractivity (Wildman–Crippen MR) is 103 cm³/mol. The summed E-state index contributed by atoms with van der Waals surface area (Å²) in [6, 6.07) is 16.7. The van der Waals surface area contributed by atoms with E-state index in [9.17, 15) is 0 Å². The van der Waals surface area contributed by atoms with Gasteiger partial charge in [-0.2, -0.15) is 0 Å². The number of benzene rings is 2. The van der Waals surface area contributed by atoms with E-state index in [-0.39, 0.29) is 0 Å². The molecule has 0 saturated carbocycles. The Labute approximate surface area is 152 Å². The van der Waals surface area contributed by atoms with Gasteiger partial charge in [-0.25, -0.2) is 0 Å². The first-order valence-electron chi connectivity index (χ1n) is 7.29. The lowest BCUT2D eigenvalue weighted by molar-refractivity contribution is 1.01. The van der Waals surface area contributed by atoms with Crippen LogP contribution in [0.4, 0.5) is 10.8 Å². The molecule has 0 atom stereocenters. The third-order valence-electron chi connectivity index (χ3n) is 3.27. The minimum absolute atomic E-state index is 0.825.